The number of pyridine rings is 1. The monoisotopic (exact) mass is 736 g/mol. The number of rotatable bonds is 10. The first-order valence-corrected chi connectivity index (χ1v) is 17.6. The van der Waals surface area contributed by atoms with Gasteiger partial charge in [-0.3, -0.25) is 9.71 Å². The zero-order valence-corrected chi connectivity index (χ0v) is 29.5. The summed E-state index contributed by atoms with van der Waals surface area (Å²) in [4.78, 5) is 29.0. The number of fused-ring (bicyclic) bond motifs is 1. The van der Waals surface area contributed by atoms with Crippen molar-refractivity contribution in [1.82, 2.24) is 4.98 Å². The molecule has 52 heavy (non-hydrogen) atoms. The number of carboxylic acids is 1. The van der Waals surface area contributed by atoms with Crippen molar-refractivity contribution >= 4 is 49.9 Å². The molecule has 5 aromatic rings. The maximum atomic E-state index is 13.6. The van der Waals surface area contributed by atoms with Gasteiger partial charge in [-0.15, -0.1) is 0 Å². The second-order valence-electron chi connectivity index (χ2n) is 12.9. The third kappa shape index (κ3) is 8.90. The summed E-state index contributed by atoms with van der Waals surface area (Å²) in [5.74, 6) is -0.793. The van der Waals surface area contributed by atoms with Gasteiger partial charge in [0.2, 0.25) is 10.0 Å². The van der Waals surface area contributed by atoms with Crippen molar-refractivity contribution in [1.29, 1.82) is 0 Å². The number of nitrogens with zero attached hydrogens (tertiary/aromatic N) is 1. The molecule has 1 heterocycles. The number of halogens is 3. The number of ether oxygens (including phenoxy) is 2. The minimum atomic E-state index is -4.85. The summed E-state index contributed by atoms with van der Waals surface area (Å²) >= 11 is 0. The smallest absolute Gasteiger partial charge is 0.417 e. The van der Waals surface area contributed by atoms with Gasteiger partial charge in [0.15, 0.2) is 5.75 Å². The van der Waals surface area contributed by atoms with Crippen LogP contribution in [0.5, 0.6) is 17.2 Å². The maximum absolute atomic E-state index is 13.6. The summed E-state index contributed by atoms with van der Waals surface area (Å²) in [6.45, 7) is 5.83. The van der Waals surface area contributed by atoms with Crippen molar-refractivity contribution in [3.63, 3.8) is 0 Å². The summed E-state index contributed by atoms with van der Waals surface area (Å²) in [7, 11) is -2.31. The summed E-state index contributed by atoms with van der Waals surface area (Å²) in [5, 5.41) is 16.1. The highest BCUT2D eigenvalue weighted by Crippen LogP contribution is 2.40. The zero-order valence-electron chi connectivity index (χ0n) is 28.7. The number of amides is 2. The van der Waals surface area contributed by atoms with Crippen LogP contribution in [0, 0.1) is 0 Å². The quantitative estimate of drug-likeness (QED) is 0.111. The largest absolute Gasteiger partial charge is 0.492 e. The molecular formula is C37H35F3N4O7S. The first kappa shape index (κ1) is 37.4. The fourth-order valence-corrected chi connectivity index (χ4v) is 6.02. The van der Waals surface area contributed by atoms with E-state index in [1.165, 1.54) is 19.4 Å². The molecule has 4 aromatic carbocycles. The molecule has 1 aromatic heterocycles. The number of urea groups is 1. The Hall–Kier alpha value is -5.83. The molecule has 0 aliphatic heterocycles. The third-order valence-electron chi connectivity index (χ3n) is 7.86. The van der Waals surface area contributed by atoms with Gasteiger partial charge < -0.3 is 25.2 Å². The first-order chi connectivity index (χ1) is 24.3. The molecule has 15 heteroatoms. The second-order valence-corrected chi connectivity index (χ2v) is 14.7. The van der Waals surface area contributed by atoms with Gasteiger partial charge in [-0.25, -0.2) is 18.0 Å². The Balaban J connectivity index is 1.39. The minimum absolute atomic E-state index is 0.0197. The number of alkyl halides is 3. The average Bonchev–Trinajstić information content (AvgIpc) is 3.04. The van der Waals surface area contributed by atoms with Gasteiger partial charge in [0.1, 0.15) is 11.5 Å². The Morgan fingerprint density at radius 2 is 1.54 bits per heavy atom. The molecule has 272 valence electrons. The first-order valence-electron chi connectivity index (χ1n) is 15.7. The number of aromatic nitrogens is 1. The Bertz CT molecular complexity index is 2290. The molecule has 0 bridgehead atoms. The Labute approximate surface area is 297 Å². The molecule has 5 rings (SSSR count). The highest BCUT2D eigenvalue weighted by Gasteiger charge is 2.35. The van der Waals surface area contributed by atoms with E-state index < -0.39 is 44.7 Å². The van der Waals surface area contributed by atoms with Crippen LogP contribution in [0.2, 0.25) is 0 Å². The number of benzene rings is 4. The number of hydrogen-bond acceptors (Lipinski definition) is 7. The molecule has 0 radical (unpaired) electrons. The summed E-state index contributed by atoms with van der Waals surface area (Å²) in [5.41, 5.74) is -0.312. The van der Waals surface area contributed by atoms with Crippen LogP contribution in [-0.2, 0) is 28.0 Å². The molecule has 0 aliphatic carbocycles. The zero-order chi connectivity index (χ0) is 38.0. The van der Waals surface area contributed by atoms with Crippen LogP contribution in [0.1, 0.15) is 53.5 Å². The number of nitrogens with one attached hydrogen (secondary N) is 3. The number of methoxy groups -OCH3 is 1. The van der Waals surface area contributed by atoms with Crippen molar-refractivity contribution < 1.29 is 45.8 Å². The number of carbonyl (C=O) groups is 2. The Morgan fingerprint density at radius 3 is 2.17 bits per heavy atom. The average molecular weight is 737 g/mol. The lowest BCUT2D eigenvalue weighted by atomic mass is 9.86. The normalized spacial score (nSPS) is 11.9. The molecule has 4 N–H and O–H groups in total. The fraction of sp³-hybridized carbons (Fsp3) is 0.216. The van der Waals surface area contributed by atoms with E-state index in [0.717, 1.165) is 24.0 Å². The van der Waals surface area contributed by atoms with Crippen LogP contribution in [0.15, 0.2) is 85.1 Å². The van der Waals surface area contributed by atoms with Crippen molar-refractivity contribution in [3.8, 4) is 17.2 Å². The molecule has 0 aliphatic rings. The number of aromatic carboxylic acids is 1. The van der Waals surface area contributed by atoms with Gasteiger partial charge in [0.25, 0.3) is 0 Å². The van der Waals surface area contributed by atoms with Crippen LogP contribution in [0.4, 0.5) is 35.0 Å². The summed E-state index contributed by atoms with van der Waals surface area (Å²) in [6.07, 6.45) is -2.41. The molecule has 0 saturated carbocycles. The number of carbonyl (C=O) groups excluding carboxylic acids is 1. The van der Waals surface area contributed by atoms with Gasteiger partial charge in [-0.1, -0.05) is 51.1 Å². The van der Waals surface area contributed by atoms with Crippen molar-refractivity contribution in [2.24, 2.45) is 0 Å². The summed E-state index contributed by atoms with van der Waals surface area (Å²) < 4.78 is 79.0. The van der Waals surface area contributed by atoms with Crippen LogP contribution in [0.3, 0.4) is 0 Å². The number of sulfonamides is 1. The van der Waals surface area contributed by atoms with Gasteiger partial charge in [0.05, 0.1) is 41.6 Å². The lowest BCUT2D eigenvalue weighted by Gasteiger charge is -2.24. The third-order valence-corrected chi connectivity index (χ3v) is 8.45. The number of carboxylic acid groups (broad SMARTS) is 1. The standard InChI is InChI=1S/C37H35F3N4O7S/c1-36(2,3)22-18-30(33(50-4)31(19-22)44-52(5,48)49)43-35(47)42-29-12-13-32(26-9-7-6-8-25(26)29)51-24-14-15-41-23(20-24)16-21-10-11-27(34(45)46)28(17-21)37(38,39)40/h6-15,17-20,44H,16H2,1-5H3,(H,45,46)(H2,42,43,47). The Morgan fingerprint density at radius 1 is 0.865 bits per heavy atom. The molecule has 0 fully saturated rings. The fourth-order valence-electron chi connectivity index (χ4n) is 5.47. The highest BCUT2D eigenvalue weighted by atomic mass is 32.2. The van der Waals surface area contributed by atoms with E-state index in [0.29, 0.717) is 33.7 Å². The van der Waals surface area contributed by atoms with Crippen LogP contribution < -0.4 is 24.8 Å². The van der Waals surface area contributed by atoms with Gasteiger partial charge >= 0.3 is 18.2 Å². The van der Waals surface area contributed by atoms with E-state index >= 15 is 0 Å². The van der Waals surface area contributed by atoms with Crippen molar-refractivity contribution in [3.05, 3.63) is 113 Å². The topological polar surface area (TPSA) is 156 Å². The van der Waals surface area contributed by atoms with E-state index in [2.05, 4.69) is 20.3 Å². The van der Waals surface area contributed by atoms with Crippen molar-refractivity contribution in [2.75, 3.05) is 28.7 Å². The van der Waals surface area contributed by atoms with Gasteiger partial charge in [-0.2, -0.15) is 13.2 Å². The van der Waals surface area contributed by atoms with Crippen LogP contribution >= 0.6 is 0 Å². The predicted molar refractivity (Wildman–Crippen MR) is 192 cm³/mol. The molecular weight excluding hydrogens is 701 g/mol. The lowest BCUT2D eigenvalue weighted by Crippen LogP contribution is -2.22. The predicted octanol–water partition coefficient (Wildman–Crippen LogP) is 8.66. The highest BCUT2D eigenvalue weighted by molar-refractivity contribution is 7.92. The number of hydrogen-bond donors (Lipinski definition) is 4. The van der Waals surface area contributed by atoms with E-state index in [-0.39, 0.29) is 29.1 Å². The van der Waals surface area contributed by atoms with Crippen LogP contribution in [0.25, 0.3) is 10.8 Å². The second kappa shape index (κ2) is 14.4. The Kier molecular flexibility index (Phi) is 10.4. The van der Waals surface area contributed by atoms with E-state index in [1.807, 2.05) is 20.8 Å². The van der Waals surface area contributed by atoms with E-state index in [1.54, 1.807) is 60.7 Å². The number of anilines is 3. The minimum Gasteiger partial charge on any atom is -0.492 e. The van der Waals surface area contributed by atoms with Crippen LogP contribution in [-0.4, -0.2) is 43.9 Å². The molecule has 0 spiro atoms. The maximum Gasteiger partial charge on any atom is 0.417 e. The van der Waals surface area contributed by atoms with E-state index in [9.17, 15) is 36.3 Å². The van der Waals surface area contributed by atoms with Gasteiger partial charge in [0, 0.05) is 35.2 Å². The molecule has 11 nitrogen and oxygen atoms in total. The van der Waals surface area contributed by atoms with Gasteiger partial charge in [-0.05, 0) is 59.0 Å². The SMILES string of the molecule is COc1c(NC(=O)Nc2ccc(Oc3ccnc(Cc4ccc(C(=O)O)c(C(F)(F)F)c4)c3)c3ccccc23)cc(C(C)(C)C)cc1NS(C)(=O)=O. The molecule has 0 atom stereocenters. The molecule has 0 unspecified atom stereocenters. The van der Waals surface area contributed by atoms with Crippen molar-refractivity contribution in [2.45, 2.75) is 38.8 Å². The molecule has 0 saturated heterocycles. The summed E-state index contributed by atoms with van der Waals surface area (Å²) in [6, 6.07) is 19.4. The van der Waals surface area contributed by atoms with E-state index in [4.69, 9.17) is 9.47 Å². The molecule has 2 amide bonds. The lowest BCUT2D eigenvalue weighted by molar-refractivity contribution is -0.138.